The molecule has 10 atom stereocenters. The highest BCUT2D eigenvalue weighted by molar-refractivity contribution is 8.00. The van der Waals surface area contributed by atoms with Gasteiger partial charge in [0.15, 0.2) is 35.9 Å². The number of nitrogens with zero attached hydrogens (tertiary/aromatic N) is 1. The summed E-state index contributed by atoms with van der Waals surface area (Å²) in [6.45, 7) is 8.54. The molecule has 4 aliphatic rings. The van der Waals surface area contributed by atoms with Crippen LogP contribution in [0.5, 0.6) is 11.5 Å². The summed E-state index contributed by atoms with van der Waals surface area (Å²) in [7, 11) is 3.29. The van der Waals surface area contributed by atoms with Crippen LogP contribution in [-0.2, 0) is 54.7 Å². The number of rotatable bonds is 7. The second-order valence-corrected chi connectivity index (χ2v) is 13.3. The Bertz CT molecular complexity index is 1300. The number of hydrogen-bond donors (Lipinski definition) is 1. The third-order valence-corrected chi connectivity index (χ3v) is 10.6. The third kappa shape index (κ3) is 5.33. The van der Waals surface area contributed by atoms with Crippen molar-refractivity contribution >= 4 is 35.6 Å². The fourth-order valence-corrected chi connectivity index (χ4v) is 8.98. The highest BCUT2D eigenvalue weighted by Crippen LogP contribution is 2.61. The molecule has 1 N–H and O–H groups in total. The molecule has 3 aliphatic heterocycles. The van der Waals surface area contributed by atoms with E-state index in [1.54, 1.807) is 6.07 Å². The first-order valence-corrected chi connectivity index (χ1v) is 15.4. The standard InChI is InChI=1S/C30H39NO11S/c1-13-19-12-18-8-9-20(35)22-21(18)30(13,10-11-31(19)6)27(41-22)14(2)43-29-26(40-17(5)34)24(39-16(4)33)23(38-15(3)32)25(42-29)28(36)37-7/h8-9,13-14,19,23-27,29,35H,10-12H2,1-7H3/t13?,14?,19?,23?,24-,25-,26?,27?,29-,30?/m0/s1. The van der Waals surface area contributed by atoms with Gasteiger partial charge in [0.2, 0.25) is 0 Å². The quantitative estimate of drug-likeness (QED) is 0.350. The van der Waals surface area contributed by atoms with Gasteiger partial charge in [-0.25, -0.2) is 4.79 Å². The Kier molecular flexibility index (Phi) is 8.62. The summed E-state index contributed by atoms with van der Waals surface area (Å²) in [5.74, 6) is -2.25. The molecule has 2 bridgehead atoms. The number of aromatic hydroxyl groups is 1. The molecular weight excluding hydrogens is 582 g/mol. The molecule has 0 saturated carbocycles. The molecule has 0 aromatic heterocycles. The number of ether oxygens (including phenoxy) is 6. The van der Waals surface area contributed by atoms with Gasteiger partial charge in [-0.1, -0.05) is 13.0 Å². The van der Waals surface area contributed by atoms with E-state index in [2.05, 4.69) is 18.9 Å². The Morgan fingerprint density at radius 2 is 1.67 bits per heavy atom. The molecular formula is C30H39NO11S. The number of phenolic OH excluding ortho intramolecular Hbond substituents is 1. The molecule has 12 nitrogen and oxygen atoms in total. The third-order valence-electron chi connectivity index (χ3n) is 9.31. The van der Waals surface area contributed by atoms with Crippen molar-refractivity contribution in [2.45, 2.75) is 100 Å². The van der Waals surface area contributed by atoms with Gasteiger partial charge in [0.05, 0.1) is 7.11 Å². The van der Waals surface area contributed by atoms with Crippen LogP contribution in [0.15, 0.2) is 12.1 Å². The van der Waals surface area contributed by atoms with Crippen LogP contribution in [0.3, 0.4) is 0 Å². The maximum atomic E-state index is 12.9. The summed E-state index contributed by atoms with van der Waals surface area (Å²) < 4.78 is 34.3. The highest BCUT2D eigenvalue weighted by atomic mass is 32.2. The molecule has 1 spiro atoms. The van der Waals surface area contributed by atoms with Crippen molar-refractivity contribution in [3.05, 3.63) is 23.3 Å². The average Bonchev–Trinajstić information content (AvgIpc) is 3.29. The van der Waals surface area contributed by atoms with Crippen LogP contribution in [0.1, 0.15) is 52.2 Å². The lowest BCUT2D eigenvalue weighted by Gasteiger charge is -2.55. The van der Waals surface area contributed by atoms with Gasteiger partial charge in [-0.2, -0.15) is 0 Å². The Balaban J connectivity index is 1.53. The first-order valence-electron chi connectivity index (χ1n) is 14.4. The lowest BCUT2D eigenvalue weighted by Crippen LogP contribution is -2.64. The monoisotopic (exact) mass is 621 g/mol. The van der Waals surface area contributed by atoms with Crippen LogP contribution in [0, 0.1) is 5.92 Å². The Morgan fingerprint density at radius 1 is 1.05 bits per heavy atom. The first kappa shape index (κ1) is 31.4. The molecule has 43 heavy (non-hydrogen) atoms. The number of carbonyl (C=O) groups excluding carboxylic acids is 4. The van der Waals surface area contributed by atoms with E-state index in [0.29, 0.717) is 5.75 Å². The zero-order valence-electron chi connectivity index (χ0n) is 25.4. The van der Waals surface area contributed by atoms with Crippen molar-refractivity contribution in [1.29, 1.82) is 0 Å². The van der Waals surface area contributed by atoms with Crippen molar-refractivity contribution in [2.75, 3.05) is 20.7 Å². The molecule has 236 valence electrons. The van der Waals surface area contributed by atoms with Crippen molar-refractivity contribution < 1.29 is 52.7 Å². The van der Waals surface area contributed by atoms with E-state index in [0.717, 1.165) is 51.5 Å². The van der Waals surface area contributed by atoms with Gasteiger partial charge in [-0.05, 0) is 50.9 Å². The van der Waals surface area contributed by atoms with Gasteiger partial charge < -0.3 is 38.4 Å². The van der Waals surface area contributed by atoms with Crippen LogP contribution in [0.4, 0.5) is 0 Å². The number of benzene rings is 1. The summed E-state index contributed by atoms with van der Waals surface area (Å²) >= 11 is 1.26. The van der Waals surface area contributed by atoms with Crippen molar-refractivity contribution in [3.8, 4) is 11.5 Å². The van der Waals surface area contributed by atoms with Gasteiger partial charge in [0.25, 0.3) is 0 Å². The van der Waals surface area contributed by atoms with E-state index in [1.165, 1.54) is 18.7 Å². The van der Waals surface area contributed by atoms with Gasteiger partial charge in [-0.15, -0.1) is 11.8 Å². The summed E-state index contributed by atoms with van der Waals surface area (Å²) in [6.07, 6.45) is -4.25. The Labute approximate surface area is 254 Å². The topological polar surface area (TPSA) is 147 Å². The summed E-state index contributed by atoms with van der Waals surface area (Å²) in [6, 6.07) is 3.93. The normalized spacial score (nSPS) is 35.1. The van der Waals surface area contributed by atoms with Crippen molar-refractivity contribution in [1.82, 2.24) is 4.90 Å². The van der Waals surface area contributed by atoms with Crippen LogP contribution < -0.4 is 4.74 Å². The summed E-state index contributed by atoms with van der Waals surface area (Å²) in [4.78, 5) is 51.8. The van der Waals surface area contributed by atoms with Crippen LogP contribution in [0.2, 0.25) is 0 Å². The number of fused-ring (bicyclic) bond motifs is 1. The molecule has 1 aliphatic carbocycles. The molecule has 5 rings (SSSR count). The zero-order valence-corrected chi connectivity index (χ0v) is 26.2. The molecule has 1 aromatic carbocycles. The number of piperidine rings is 1. The van der Waals surface area contributed by atoms with Crippen LogP contribution >= 0.6 is 11.8 Å². The predicted molar refractivity (Wildman–Crippen MR) is 152 cm³/mol. The molecule has 2 fully saturated rings. The van der Waals surface area contributed by atoms with E-state index < -0.39 is 65.2 Å². The second-order valence-electron chi connectivity index (χ2n) is 11.8. The number of esters is 4. The van der Waals surface area contributed by atoms with Crippen molar-refractivity contribution in [2.24, 2.45) is 5.92 Å². The number of likely N-dealkylation sites (tertiary alicyclic amines) is 1. The minimum absolute atomic E-state index is 0.0824. The molecule has 2 saturated heterocycles. The molecule has 7 unspecified atom stereocenters. The van der Waals surface area contributed by atoms with E-state index in [9.17, 15) is 24.3 Å². The summed E-state index contributed by atoms with van der Waals surface area (Å²) in [5.41, 5.74) is 0.743. The lowest BCUT2D eigenvalue weighted by atomic mass is 9.56. The number of hydrogen-bond acceptors (Lipinski definition) is 13. The number of carbonyl (C=O) groups is 4. The van der Waals surface area contributed by atoms with Gasteiger partial charge in [0.1, 0.15) is 11.5 Å². The highest BCUT2D eigenvalue weighted by Gasteiger charge is 2.63. The fourth-order valence-electron chi connectivity index (χ4n) is 7.57. The lowest BCUT2D eigenvalue weighted by molar-refractivity contribution is -0.235. The molecule has 0 amide bonds. The van der Waals surface area contributed by atoms with Gasteiger partial charge in [0, 0.05) is 43.0 Å². The van der Waals surface area contributed by atoms with Crippen LogP contribution in [-0.4, -0.2) is 102 Å². The van der Waals surface area contributed by atoms with Crippen LogP contribution in [0.25, 0.3) is 0 Å². The largest absolute Gasteiger partial charge is 0.504 e. The fraction of sp³-hybridized carbons (Fsp3) is 0.667. The maximum absolute atomic E-state index is 12.9. The molecule has 0 radical (unpaired) electrons. The second kappa shape index (κ2) is 11.8. The molecule has 13 heteroatoms. The zero-order chi connectivity index (χ0) is 31.4. The van der Waals surface area contributed by atoms with Gasteiger partial charge in [-0.3, -0.25) is 14.4 Å². The van der Waals surface area contributed by atoms with E-state index in [1.807, 2.05) is 13.0 Å². The van der Waals surface area contributed by atoms with E-state index in [-0.39, 0.29) is 23.0 Å². The SMILES string of the molecule is COC(=O)[C@H]1O[C@@H](SC(C)C2Oc3c(O)ccc4c3C23CCN(C)C(C4)C3C)C(OC(C)=O)[C@@H](OC(C)=O)C1OC(C)=O. The Morgan fingerprint density at radius 3 is 2.30 bits per heavy atom. The van der Waals surface area contributed by atoms with Crippen molar-refractivity contribution in [3.63, 3.8) is 0 Å². The number of methoxy groups -OCH3 is 1. The van der Waals surface area contributed by atoms with E-state index >= 15 is 0 Å². The Hall–Kier alpha value is -3.03. The first-order chi connectivity index (χ1) is 20.3. The number of phenols is 1. The molecule has 3 heterocycles. The minimum Gasteiger partial charge on any atom is -0.504 e. The maximum Gasteiger partial charge on any atom is 0.339 e. The molecule has 1 aromatic rings. The van der Waals surface area contributed by atoms with Gasteiger partial charge >= 0.3 is 23.9 Å². The minimum atomic E-state index is -1.47. The number of likely N-dealkylation sites (N-methyl/N-ethyl adjacent to an activating group) is 1. The number of thioether (sulfide) groups is 1. The average molecular weight is 622 g/mol. The smallest absolute Gasteiger partial charge is 0.339 e. The predicted octanol–water partition coefficient (Wildman–Crippen LogP) is 2.10. The summed E-state index contributed by atoms with van der Waals surface area (Å²) in [5, 5.41) is 10.5. The van der Waals surface area contributed by atoms with E-state index in [4.69, 9.17) is 28.4 Å².